The van der Waals surface area contributed by atoms with Gasteiger partial charge in [-0.05, 0) is 42.7 Å². The van der Waals surface area contributed by atoms with Crippen LogP contribution in [0.15, 0.2) is 41.9 Å². The van der Waals surface area contributed by atoms with Crippen molar-refractivity contribution in [2.24, 2.45) is 0 Å². The molecule has 3 heterocycles. The second-order valence-electron chi connectivity index (χ2n) is 4.43. The highest BCUT2D eigenvalue weighted by Gasteiger charge is 2.39. The average molecular weight is 289 g/mol. The molecule has 1 aliphatic rings. The van der Waals surface area contributed by atoms with Crippen LogP contribution in [-0.4, -0.2) is 21.5 Å². The molecule has 2 aromatic heterocycles. The molecule has 19 heavy (non-hydrogen) atoms. The molecule has 0 amide bonds. The number of nitrogens with one attached hydrogen (secondary N) is 1. The number of thiophene rings is 1. The van der Waals surface area contributed by atoms with Crippen LogP contribution in [-0.2, 0) is 0 Å². The highest BCUT2D eigenvalue weighted by molar-refractivity contribution is 7.80. The number of rotatable bonds is 3. The molecule has 0 aromatic carbocycles. The van der Waals surface area contributed by atoms with Crippen LogP contribution in [0.3, 0.4) is 0 Å². The third-order valence-corrected chi connectivity index (χ3v) is 4.67. The van der Waals surface area contributed by atoms with E-state index in [1.165, 1.54) is 4.88 Å². The summed E-state index contributed by atoms with van der Waals surface area (Å²) in [6, 6.07) is 10.6. The molecule has 0 unspecified atom stereocenters. The predicted molar refractivity (Wildman–Crippen MR) is 82.2 cm³/mol. The van der Waals surface area contributed by atoms with E-state index >= 15 is 0 Å². The van der Waals surface area contributed by atoms with Gasteiger partial charge in [0.25, 0.3) is 0 Å². The summed E-state index contributed by atoms with van der Waals surface area (Å²) in [6.45, 7) is 3.03. The molecule has 1 saturated heterocycles. The van der Waals surface area contributed by atoms with Gasteiger partial charge in [0.05, 0.1) is 17.8 Å². The number of thiocarbonyl (C=S) groups is 1. The fraction of sp³-hybridized carbons (Fsp3) is 0.286. The van der Waals surface area contributed by atoms with E-state index in [1.807, 2.05) is 18.3 Å². The molecule has 98 valence electrons. The Morgan fingerprint density at radius 3 is 2.89 bits per heavy atom. The third kappa shape index (κ3) is 2.24. The van der Waals surface area contributed by atoms with Gasteiger partial charge < -0.3 is 10.2 Å². The van der Waals surface area contributed by atoms with Crippen LogP contribution in [0.1, 0.15) is 29.6 Å². The van der Waals surface area contributed by atoms with Gasteiger partial charge in [0.15, 0.2) is 5.11 Å². The molecule has 0 spiro atoms. The van der Waals surface area contributed by atoms with E-state index in [4.69, 9.17) is 12.2 Å². The number of likely N-dealkylation sites (N-methyl/N-ethyl adjacent to an activating group) is 1. The largest absolute Gasteiger partial charge is 0.352 e. The summed E-state index contributed by atoms with van der Waals surface area (Å²) in [4.78, 5) is 8.04. The maximum Gasteiger partial charge on any atom is 0.170 e. The third-order valence-electron chi connectivity index (χ3n) is 3.37. The standard InChI is InChI=1S/C14H15N3S2/c1-2-17-13(11-7-5-9-19-11)12(16-14(17)18)10-6-3-4-8-15-10/h3-9,12-13H,2H2,1H3,(H,16,18)/t12-,13-/m1/s1. The van der Waals surface area contributed by atoms with Crippen molar-refractivity contribution < 1.29 is 0 Å². The second-order valence-corrected chi connectivity index (χ2v) is 5.79. The number of hydrogen-bond acceptors (Lipinski definition) is 3. The molecule has 1 fully saturated rings. The van der Waals surface area contributed by atoms with Crippen molar-refractivity contribution in [1.82, 2.24) is 15.2 Å². The highest BCUT2D eigenvalue weighted by atomic mass is 32.1. The van der Waals surface area contributed by atoms with Crippen LogP contribution in [0, 0.1) is 0 Å². The predicted octanol–water partition coefficient (Wildman–Crippen LogP) is 3.14. The second kappa shape index (κ2) is 5.27. The van der Waals surface area contributed by atoms with Gasteiger partial charge in [-0.3, -0.25) is 4.98 Å². The number of hydrogen-bond donors (Lipinski definition) is 1. The Hall–Kier alpha value is -1.46. The highest BCUT2D eigenvalue weighted by Crippen LogP contribution is 2.39. The van der Waals surface area contributed by atoms with Gasteiger partial charge >= 0.3 is 0 Å². The zero-order valence-corrected chi connectivity index (χ0v) is 12.2. The lowest BCUT2D eigenvalue weighted by Gasteiger charge is -2.25. The van der Waals surface area contributed by atoms with E-state index in [0.29, 0.717) is 0 Å². The van der Waals surface area contributed by atoms with E-state index in [-0.39, 0.29) is 12.1 Å². The van der Waals surface area contributed by atoms with Crippen LogP contribution >= 0.6 is 23.6 Å². The molecule has 1 aliphatic heterocycles. The Labute approximate surface area is 122 Å². The van der Waals surface area contributed by atoms with Crippen molar-refractivity contribution in [2.45, 2.75) is 19.0 Å². The summed E-state index contributed by atoms with van der Waals surface area (Å²) in [6.07, 6.45) is 1.83. The molecule has 2 aromatic rings. The molecule has 3 rings (SSSR count). The van der Waals surface area contributed by atoms with Crippen molar-refractivity contribution in [3.8, 4) is 0 Å². The monoisotopic (exact) mass is 289 g/mol. The van der Waals surface area contributed by atoms with Crippen LogP contribution < -0.4 is 5.32 Å². The van der Waals surface area contributed by atoms with Crippen LogP contribution in [0.2, 0.25) is 0 Å². The molecule has 0 radical (unpaired) electrons. The normalized spacial score (nSPS) is 22.6. The smallest absolute Gasteiger partial charge is 0.170 e. The van der Waals surface area contributed by atoms with Gasteiger partial charge in [-0.25, -0.2) is 0 Å². The summed E-state index contributed by atoms with van der Waals surface area (Å²) < 4.78 is 0. The minimum Gasteiger partial charge on any atom is -0.352 e. The Morgan fingerprint density at radius 2 is 2.26 bits per heavy atom. The zero-order chi connectivity index (χ0) is 13.2. The summed E-state index contributed by atoms with van der Waals surface area (Å²) >= 11 is 7.23. The Balaban J connectivity index is 2.01. The Kier molecular flexibility index (Phi) is 3.48. The van der Waals surface area contributed by atoms with Gasteiger partial charge in [0.2, 0.25) is 0 Å². The average Bonchev–Trinajstić information content (AvgIpc) is 3.06. The first-order chi connectivity index (χ1) is 9.31. The fourth-order valence-electron chi connectivity index (χ4n) is 2.51. The molecule has 2 atom stereocenters. The molecular weight excluding hydrogens is 274 g/mol. The lowest BCUT2D eigenvalue weighted by Crippen LogP contribution is -2.28. The maximum atomic E-state index is 5.46. The molecule has 1 N–H and O–H groups in total. The minimum atomic E-state index is 0.132. The van der Waals surface area contributed by atoms with Gasteiger partial charge in [-0.15, -0.1) is 11.3 Å². The zero-order valence-electron chi connectivity index (χ0n) is 10.6. The number of nitrogens with zero attached hydrogens (tertiary/aromatic N) is 2. The molecule has 0 bridgehead atoms. The quantitative estimate of drug-likeness (QED) is 0.879. The molecule has 0 saturated carbocycles. The lowest BCUT2D eigenvalue weighted by atomic mass is 10.0. The fourth-order valence-corrected chi connectivity index (χ4v) is 3.76. The van der Waals surface area contributed by atoms with E-state index in [1.54, 1.807) is 11.3 Å². The van der Waals surface area contributed by atoms with Gasteiger partial charge in [-0.2, -0.15) is 0 Å². The van der Waals surface area contributed by atoms with Gasteiger partial charge in [-0.1, -0.05) is 12.1 Å². The first-order valence-electron chi connectivity index (χ1n) is 6.32. The summed E-state index contributed by atoms with van der Waals surface area (Å²) in [5.74, 6) is 0. The first-order valence-corrected chi connectivity index (χ1v) is 7.61. The summed E-state index contributed by atoms with van der Waals surface area (Å²) in [5, 5.41) is 6.34. The van der Waals surface area contributed by atoms with Gasteiger partial charge in [0.1, 0.15) is 0 Å². The Morgan fingerprint density at radius 1 is 1.37 bits per heavy atom. The molecule has 0 aliphatic carbocycles. The van der Waals surface area contributed by atoms with Crippen LogP contribution in [0.25, 0.3) is 0 Å². The summed E-state index contributed by atoms with van der Waals surface area (Å²) in [7, 11) is 0. The summed E-state index contributed by atoms with van der Waals surface area (Å²) in [5.41, 5.74) is 1.04. The van der Waals surface area contributed by atoms with Crippen molar-refractivity contribution >= 4 is 28.7 Å². The van der Waals surface area contributed by atoms with Crippen molar-refractivity contribution in [3.05, 3.63) is 52.5 Å². The molecule has 3 nitrogen and oxygen atoms in total. The van der Waals surface area contributed by atoms with E-state index in [0.717, 1.165) is 17.4 Å². The maximum absolute atomic E-state index is 5.46. The number of pyridine rings is 1. The van der Waals surface area contributed by atoms with Crippen molar-refractivity contribution in [1.29, 1.82) is 0 Å². The molecule has 5 heteroatoms. The number of aromatic nitrogens is 1. The first kappa shape index (κ1) is 12.6. The van der Waals surface area contributed by atoms with E-state index < -0.39 is 0 Å². The van der Waals surface area contributed by atoms with E-state index in [2.05, 4.69) is 45.7 Å². The van der Waals surface area contributed by atoms with Gasteiger partial charge in [0, 0.05) is 17.6 Å². The van der Waals surface area contributed by atoms with Crippen molar-refractivity contribution in [3.63, 3.8) is 0 Å². The minimum absolute atomic E-state index is 0.132. The van der Waals surface area contributed by atoms with Crippen LogP contribution in [0.5, 0.6) is 0 Å². The van der Waals surface area contributed by atoms with E-state index in [9.17, 15) is 0 Å². The lowest BCUT2D eigenvalue weighted by molar-refractivity contribution is 0.335. The SMILES string of the molecule is CCN1C(=S)N[C@H](c2ccccn2)[C@H]1c1cccs1. The molecular formula is C14H15N3S2. The van der Waals surface area contributed by atoms with Crippen molar-refractivity contribution in [2.75, 3.05) is 6.54 Å². The Bertz CT molecular complexity index is 553. The van der Waals surface area contributed by atoms with Crippen LogP contribution in [0.4, 0.5) is 0 Å². The topological polar surface area (TPSA) is 28.2 Å².